The lowest BCUT2D eigenvalue weighted by Gasteiger charge is -2.19. The number of carbonyl (C=O) groups excluding carboxylic acids is 1. The monoisotopic (exact) mass is 251 g/mol. The van der Waals surface area contributed by atoms with Crippen molar-refractivity contribution in [3.8, 4) is 5.75 Å². The van der Waals surface area contributed by atoms with Crippen LogP contribution in [0, 0.1) is 0 Å². The molecule has 0 aliphatic heterocycles. The zero-order chi connectivity index (χ0) is 13.5. The van der Waals surface area contributed by atoms with Crippen molar-refractivity contribution in [2.75, 3.05) is 13.7 Å². The fourth-order valence-electron chi connectivity index (χ4n) is 1.67. The molecule has 1 atom stereocenters. The maximum atomic E-state index is 11.7. The number of ether oxygens (including phenoxy) is 2. The van der Waals surface area contributed by atoms with E-state index >= 15 is 0 Å². The highest BCUT2D eigenvalue weighted by atomic mass is 16.5. The Morgan fingerprint density at radius 2 is 1.89 bits per heavy atom. The highest BCUT2D eigenvalue weighted by Gasteiger charge is 2.21. The Kier molecular flexibility index (Phi) is 5.65. The molecule has 0 fully saturated rings. The van der Waals surface area contributed by atoms with Crippen LogP contribution in [0.1, 0.15) is 32.4 Å². The van der Waals surface area contributed by atoms with Crippen LogP contribution in [0.3, 0.4) is 0 Å². The molecule has 0 radical (unpaired) electrons. The van der Waals surface area contributed by atoms with Crippen LogP contribution in [0.25, 0.3) is 0 Å². The highest BCUT2D eigenvalue weighted by molar-refractivity contribution is 5.77. The summed E-state index contributed by atoms with van der Waals surface area (Å²) in [5.74, 6) is 0.516. The number of benzene rings is 1. The van der Waals surface area contributed by atoms with Gasteiger partial charge in [0.2, 0.25) is 0 Å². The molecule has 0 bridgehead atoms. The number of rotatable bonds is 6. The van der Waals surface area contributed by atoms with E-state index in [0.717, 1.165) is 11.3 Å². The second kappa shape index (κ2) is 7.01. The van der Waals surface area contributed by atoms with E-state index in [2.05, 4.69) is 5.32 Å². The molecule has 0 saturated carbocycles. The Morgan fingerprint density at radius 1 is 1.28 bits per heavy atom. The van der Waals surface area contributed by atoms with Gasteiger partial charge >= 0.3 is 5.97 Å². The van der Waals surface area contributed by atoms with E-state index in [1.807, 2.05) is 45.0 Å². The summed E-state index contributed by atoms with van der Waals surface area (Å²) in [7, 11) is 1.39. The lowest BCUT2D eigenvalue weighted by Crippen LogP contribution is -2.34. The molecule has 1 aromatic carbocycles. The van der Waals surface area contributed by atoms with Crippen molar-refractivity contribution in [3.63, 3.8) is 0 Å². The smallest absolute Gasteiger partial charge is 0.327 e. The summed E-state index contributed by atoms with van der Waals surface area (Å²) in [5, 5.41) is 3.18. The first-order valence-corrected chi connectivity index (χ1v) is 6.15. The van der Waals surface area contributed by atoms with Crippen molar-refractivity contribution in [2.24, 2.45) is 0 Å². The van der Waals surface area contributed by atoms with Crippen LogP contribution in [0.5, 0.6) is 5.75 Å². The van der Waals surface area contributed by atoms with Crippen molar-refractivity contribution >= 4 is 5.97 Å². The van der Waals surface area contributed by atoms with Crippen molar-refractivity contribution in [3.05, 3.63) is 29.8 Å². The highest BCUT2D eigenvalue weighted by Crippen LogP contribution is 2.19. The van der Waals surface area contributed by atoms with Crippen molar-refractivity contribution in [1.29, 1.82) is 0 Å². The molecule has 4 nitrogen and oxygen atoms in total. The molecule has 100 valence electrons. The first kappa shape index (κ1) is 14.5. The van der Waals surface area contributed by atoms with Gasteiger partial charge in [-0.1, -0.05) is 12.1 Å². The Labute approximate surface area is 108 Å². The van der Waals surface area contributed by atoms with Crippen molar-refractivity contribution in [1.82, 2.24) is 5.32 Å². The van der Waals surface area contributed by atoms with Gasteiger partial charge < -0.3 is 9.47 Å². The molecule has 1 rings (SSSR count). The number of nitrogens with one attached hydrogen (secondary N) is 1. The van der Waals surface area contributed by atoms with Gasteiger partial charge in [0.25, 0.3) is 0 Å². The van der Waals surface area contributed by atoms with Crippen LogP contribution >= 0.6 is 0 Å². The van der Waals surface area contributed by atoms with E-state index in [9.17, 15) is 4.79 Å². The minimum absolute atomic E-state index is 0.195. The molecule has 1 unspecified atom stereocenters. The molecular formula is C14H21NO3. The molecule has 0 spiro atoms. The Morgan fingerprint density at radius 3 is 2.33 bits per heavy atom. The van der Waals surface area contributed by atoms with E-state index in [0.29, 0.717) is 6.61 Å². The quantitative estimate of drug-likeness (QED) is 0.788. The predicted octanol–water partition coefficient (Wildman–Crippen LogP) is 2.30. The zero-order valence-electron chi connectivity index (χ0n) is 11.4. The molecular weight excluding hydrogens is 230 g/mol. The maximum absolute atomic E-state index is 11.7. The number of hydrogen-bond acceptors (Lipinski definition) is 4. The molecule has 0 aliphatic rings. The number of carbonyl (C=O) groups is 1. The molecule has 1 N–H and O–H groups in total. The topological polar surface area (TPSA) is 47.6 Å². The van der Waals surface area contributed by atoms with Gasteiger partial charge in [-0.15, -0.1) is 0 Å². The summed E-state index contributed by atoms with van der Waals surface area (Å²) in [6, 6.07) is 7.23. The van der Waals surface area contributed by atoms with Gasteiger partial charge in [-0.3, -0.25) is 5.32 Å². The second-order valence-corrected chi connectivity index (χ2v) is 4.28. The van der Waals surface area contributed by atoms with E-state index < -0.39 is 6.04 Å². The Bertz CT molecular complexity index is 373. The van der Waals surface area contributed by atoms with Gasteiger partial charge in [0, 0.05) is 6.04 Å². The molecule has 1 aromatic rings. The molecule has 0 amide bonds. The largest absolute Gasteiger partial charge is 0.494 e. The van der Waals surface area contributed by atoms with Crippen molar-refractivity contribution < 1.29 is 14.3 Å². The fraction of sp³-hybridized carbons (Fsp3) is 0.500. The molecule has 0 aromatic heterocycles. The number of hydrogen-bond donors (Lipinski definition) is 1. The fourth-order valence-corrected chi connectivity index (χ4v) is 1.67. The number of methoxy groups -OCH3 is 1. The summed E-state index contributed by atoms with van der Waals surface area (Å²) in [6.07, 6.45) is 0. The van der Waals surface area contributed by atoms with Gasteiger partial charge in [-0.2, -0.15) is 0 Å². The predicted molar refractivity (Wildman–Crippen MR) is 70.6 cm³/mol. The molecule has 4 heteroatoms. The van der Waals surface area contributed by atoms with Gasteiger partial charge in [0.15, 0.2) is 0 Å². The Hall–Kier alpha value is -1.55. The van der Waals surface area contributed by atoms with E-state index in [4.69, 9.17) is 9.47 Å². The maximum Gasteiger partial charge on any atom is 0.327 e. The molecule has 0 heterocycles. The van der Waals surface area contributed by atoms with Crippen LogP contribution in [0.4, 0.5) is 0 Å². The van der Waals surface area contributed by atoms with Crippen molar-refractivity contribution in [2.45, 2.75) is 32.9 Å². The third-order valence-electron chi connectivity index (χ3n) is 2.46. The first-order valence-electron chi connectivity index (χ1n) is 6.15. The Balaban J connectivity index is 2.87. The standard InChI is InChI=1S/C14H21NO3/c1-5-18-12-8-6-11(7-9-12)13(14(16)17-4)15-10(2)3/h6-10,13,15H,5H2,1-4H3. The summed E-state index contributed by atoms with van der Waals surface area (Å²) in [4.78, 5) is 11.7. The van der Waals surface area contributed by atoms with Crippen LogP contribution in [0.15, 0.2) is 24.3 Å². The summed E-state index contributed by atoms with van der Waals surface area (Å²) in [5.41, 5.74) is 0.874. The minimum atomic E-state index is -0.439. The third-order valence-corrected chi connectivity index (χ3v) is 2.46. The summed E-state index contributed by atoms with van der Waals surface area (Å²) in [6.45, 7) is 6.55. The van der Waals surface area contributed by atoms with Gasteiger partial charge in [0.1, 0.15) is 11.8 Å². The van der Waals surface area contributed by atoms with E-state index in [1.165, 1.54) is 7.11 Å². The lowest BCUT2D eigenvalue weighted by molar-refractivity contribution is -0.143. The van der Waals surface area contributed by atoms with Crippen LogP contribution < -0.4 is 10.1 Å². The minimum Gasteiger partial charge on any atom is -0.494 e. The average Bonchev–Trinajstić information content (AvgIpc) is 2.36. The van der Waals surface area contributed by atoms with Gasteiger partial charge in [-0.25, -0.2) is 4.79 Å². The van der Waals surface area contributed by atoms with Crippen LogP contribution in [0.2, 0.25) is 0 Å². The zero-order valence-corrected chi connectivity index (χ0v) is 11.4. The average molecular weight is 251 g/mol. The summed E-state index contributed by atoms with van der Waals surface area (Å²) < 4.78 is 10.2. The molecule has 0 aliphatic carbocycles. The number of esters is 1. The van der Waals surface area contributed by atoms with Crippen LogP contribution in [-0.2, 0) is 9.53 Å². The van der Waals surface area contributed by atoms with Gasteiger partial charge in [-0.05, 0) is 38.5 Å². The summed E-state index contributed by atoms with van der Waals surface area (Å²) >= 11 is 0. The van der Waals surface area contributed by atoms with Crippen LogP contribution in [-0.4, -0.2) is 25.7 Å². The SMILES string of the molecule is CCOc1ccc(C(NC(C)C)C(=O)OC)cc1. The normalized spacial score (nSPS) is 12.3. The molecule has 18 heavy (non-hydrogen) atoms. The van der Waals surface area contributed by atoms with E-state index in [-0.39, 0.29) is 12.0 Å². The second-order valence-electron chi connectivity index (χ2n) is 4.28. The van der Waals surface area contributed by atoms with E-state index in [1.54, 1.807) is 0 Å². The lowest BCUT2D eigenvalue weighted by atomic mass is 10.1. The first-order chi connectivity index (χ1) is 8.58. The molecule has 0 saturated heterocycles. The third kappa shape index (κ3) is 4.04. The van der Waals surface area contributed by atoms with Gasteiger partial charge in [0.05, 0.1) is 13.7 Å².